The van der Waals surface area contributed by atoms with Gasteiger partial charge in [-0.2, -0.15) is 5.10 Å². The van der Waals surface area contributed by atoms with Crippen LogP contribution < -0.4 is 0 Å². The molecule has 0 saturated carbocycles. The zero-order chi connectivity index (χ0) is 17.4. The normalized spacial score (nSPS) is 12.4. The fraction of sp³-hybridized carbons (Fsp3) is 0.143. The molecule has 4 heteroatoms. The molecule has 0 bridgehead atoms. The summed E-state index contributed by atoms with van der Waals surface area (Å²) in [5, 5.41) is 15.2. The molecule has 1 atom stereocenters. The molecule has 4 nitrogen and oxygen atoms in total. The van der Waals surface area contributed by atoms with Crippen LogP contribution in [0.15, 0.2) is 67.0 Å². The molecule has 0 radical (unpaired) electrons. The molecule has 0 aliphatic rings. The van der Waals surface area contributed by atoms with Crippen molar-refractivity contribution in [2.75, 3.05) is 0 Å². The zero-order valence-electron chi connectivity index (χ0n) is 14.2. The number of nitrogens with zero attached hydrogens (tertiary/aromatic N) is 3. The summed E-state index contributed by atoms with van der Waals surface area (Å²) in [5.41, 5.74) is 5.91. The highest BCUT2D eigenvalue weighted by Gasteiger charge is 2.09. The Morgan fingerprint density at radius 1 is 1.04 bits per heavy atom. The molecule has 0 aliphatic carbocycles. The molecule has 124 valence electrons. The van der Waals surface area contributed by atoms with E-state index < -0.39 is 6.10 Å². The van der Waals surface area contributed by atoms with Crippen molar-refractivity contribution in [3.8, 4) is 16.9 Å². The molecule has 0 spiro atoms. The highest BCUT2D eigenvalue weighted by atomic mass is 16.3. The number of aryl methyl sites for hydroxylation is 1. The Morgan fingerprint density at radius 2 is 1.92 bits per heavy atom. The first-order chi connectivity index (χ1) is 12.1. The first-order valence-electron chi connectivity index (χ1n) is 8.31. The van der Waals surface area contributed by atoms with E-state index in [0.29, 0.717) is 0 Å². The summed E-state index contributed by atoms with van der Waals surface area (Å²) in [7, 11) is 0. The fourth-order valence-corrected chi connectivity index (χ4v) is 3.06. The molecule has 1 unspecified atom stereocenters. The zero-order valence-corrected chi connectivity index (χ0v) is 14.2. The molecule has 1 N–H and O–H groups in total. The molecular formula is C21H19N3O. The number of aliphatic hydroxyl groups excluding tert-OH is 1. The number of benzene rings is 2. The third kappa shape index (κ3) is 2.92. The smallest absolute Gasteiger partial charge is 0.0762 e. The predicted molar refractivity (Wildman–Crippen MR) is 99.7 cm³/mol. The van der Waals surface area contributed by atoms with E-state index in [2.05, 4.69) is 30.2 Å². The highest BCUT2D eigenvalue weighted by Crippen LogP contribution is 2.27. The maximum atomic E-state index is 9.84. The van der Waals surface area contributed by atoms with Gasteiger partial charge >= 0.3 is 0 Å². The van der Waals surface area contributed by atoms with Crippen LogP contribution in [-0.2, 0) is 0 Å². The SMILES string of the molecule is Cc1cc(-c2cccc(-n3cccn3)c2)nc2cc(C(C)O)ccc12. The Bertz CT molecular complexity index is 1040. The summed E-state index contributed by atoms with van der Waals surface area (Å²) in [6, 6.07) is 18.1. The van der Waals surface area contributed by atoms with Gasteiger partial charge in [0.25, 0.3) is 0 Å². The third-order valence-corrected chi connectivity index (χ3v) is 4.43. The predicted octanol–water partition coefficient (Wildman–Crippen LogP) is 4.45. The average molecular weight is 329 g/mol. The van der Waals surface area contributed by atoms with Crippen LogP contribution in [0.4, 0.5) is 0 Å². The number of hydrogen-bond acceptors (Lipinski definition) is 3. The number of hydrogen-bond donors (Lipinski definition) is 1. The van der Waals surface area contributed by atoms with Crippen LogP contribution in [0.3, 0.4) is 0 Å². The molecule has 2 heterocycles. The van der Waals surface area contributed by atoms with Crippen LogP contribution in [0.2, 0.25) is 0 Å². The number of aromatic nitrogens is 3. The van der Waals surface area contributed by atoms with E-state index in [1.54, 1.807) is 13.1 Å². The summed E-state index contributed by atoms with van der Waals surface area (Å²) in [4.78, 5) is 4.83. The lowest BCUT2D eigenvalue weighted by Crippen LogP contribution is -1.96. The van der Waals surface area contributed by atoms with Gasteiger partial charge in [-0.15, -0.1) is 0 Å². The topological polar surface area (TPSA) is 50.9 Å². The second kappa shape index (κ2) is 6.15. The lowest BCUT2D eigenvalue weighted by atomic mass is 10.0. The molecule has 4 aromatic rings. The molecule has 0 aliphatic heterocycles. The number of fused-ring (bicyclic) bond motifs is 1. The third-order valence-electron chi connectivity index (χ3n) is 4.43. The largest absolute Gasteiger partial charge is 0.389 e. The Labute approximate surface area is 146 Å². The van der Waals surface area contributed by atoms with Gasteiger partial charge in [-0.05, 0) is 55.3 Å². The van der Waals surface area contributed by atoms with Gasteiger partial charge in [-0.3, -0.25) is 0 Å². The summed E-state index contributed by atoms with van der Waals surface area (Å²) < 4.78 is 1.84. The molecule has 25 heavy (non-hydrogen) atoms. The van der Waals surface area contributed by atoms with Crippen LogP contribution in [0.25, 0.3) is 27.8 Å². The first-order valence-corrected chi connectivity index (χ1v) is 8.31. The molecule has 0 amide bonds. The summed E-state index contributed by atoms with van der Waals surface area (Å²) >= 11 is 0. The van der Waals surface area contributed by atoms with Gasteiger partial charge < -0.3 is 5.11 Å². The summed E-state index contributed by atoms with van der Waals surface area (Å²) in [6.45, 7) is 3.86. The van der Waals surface area contributed by atoms with Crippen LogP contribution >= 0.6 is 0 Å². The number of pyridine rings is 1. The van der Waals surface area contributed by atoms with Crippen molar-refractivity contribution in [1.29, 1.82) is 0 Å². The van der Waals surface area contributed by atoms with Gasteiger partial charge in [0, 0.05) is 23.3 Å². The Kier molecular flexibility index (Phi) is 3.82. The van der Waals surface area contributed by atoms with Gasteiger partial charge in [0.2, 0.25) is 0 Å². The van der Waals surface area contributed by atoms with E-state index in [-0.39, 0.29) is 0 Å². The Balaban J connectivity index is 1.85. The van der Waals surface area contributed by atoms with Gasteiger partial charge in [-0.1, -0.05) is 24.3 Å². The van der Waals surface area contributed by atoms with Crippen molar-refractivity contribution in [1.82, 2.24) is 14.8 Å². The molecule has 4 rings (SSSR count). The van der Waals surface area contributed by atoms with Crippen LogP contribution in [0.1, 0.15) is 24.2 Å². The monoisotopic (exact) mass is 329 g/mol. The molecule has 2 aromatic carbocycles. The average Bonchev–Trinajstić information content (AvgIpc) is 3.16. The second-order valence-electron chi connectivity index (χ2n) is 6.28. The fourth-order valence-electron chi connectivity index (χ4n) is 3.06. The van der Waals surface area contributed by atoms with Gasteiger partial charge in [0.15, 0.2) is 0 Å². The number of aliphatic hydroxyl groups is 1. The van der Waals surface area contributed by atoms with E-state index in [1.165, 1.54) is 5.56 Å². The van der Waals surface area contributed by atoms with Crippen molar-refractivity contribution in [2.24, 2.45) is 0 Å². The molecular weight excluding hydrogens is 310 g/mol. The van der Waals surface area contributed by atoms with Crippen LogP contribution in [0.5, 0.6) is 0 Å². The maximum absolute atomic E-state index is 9.84. The molecule has 0 fully saturated rings. The quantitative estimate of drug-likeness (QED) is 0.604. The second-order valence-corrected chi connectivity index (χ2v) is 6.28. The van der Waals surface area contributed by atoms with Gasteiger partial charge in [-0.25, -0.2) is 9.67 Å². The lowest BCUT2D eigenvalue weighted by Gasteiger charge is -2.11. The van der Waals surface area contributed by atoms with Gasteiger partial charge in [0.05, 0.1) is 23.0 Å². The Hall–Kier alpha value is -2.98. The molecule has 2 aromatic heterocycles. The van der Waals surface area contributed by atoms with Crippen LogP contribution in [-0.4, -0.2) is 19.9 Å². The highest BCUT2D eigenvalue weighted by molar-refractivity contribution is 5.85. The maximum Gasteiger partial charge on any atom is 0.0762 e. The van der Waals surface area contributed by atoms with Crippen molar-refractivity contribution < 1.29 is 5.11 Å². The minimum absolute atomic E-state index is 0.502. The minimum Gasteiger partial charge on any atom is -0.389 e. The minimum atomic E-state index is -0.502. The van der Waals surface area contributed by atoms with Gasteiger partial charge in [0.1, 0.15) is 0 Å². The lowest BCUT2D eigenvalue weighted by molar-refractivity contribution is 0.199. The van der Waals surface area contributed by atoms with E-state index in [1.807, 2.05) is 47.3 Å². The van der Waals surface area contributed by atoms with Crippen molar-refractivity contribution in [3.63, 3.8) is 0 Å². The first kappa shape index (κ1) is 15.5. The van der Waals surface area contributed by atoms with E-state index in [9.17, 15) is 5.11 Å². The van der Waals surface area contributed by atoms with Crippen molar-refractivity contribution in [3.05, 3.63) is 78.1 Å². The van der Waals surface area contributed by atoms with Crippen molar-refractivity contribution in [2.45, 2.75) is 20.0 Å². The molecule has 0 saturated heterocycles. The van der Waals surface area contributed by atoms with E-state index in [4.69, 9.17) is 4.98 Å². The standard InChI is InChI=1S/C21H19N3O/c1-14-11-20(23-21-13-16(15(2)25)7-8-19(14)21)17-5-3-6-18(12-17)24-10-4-9-22-24/h3-13,15,25H,1-2H3. The van der Waals surface area contributed by atoms with Crippen LogP contribution in [0, 0.1) is 6.92 Å². The Morgan fingerprint density at radius 3 is 2.68 bits per heavy atom. The van der Waals surface area contributed by atoms with Crippen molar-refractivity contribution >= 4 is 10.9 Å². The van der Waals surface area contributed by atoms with E-state index >= 15 is 0 Å². The number of rotatable bonds is 3. The summed E-state index contributed by atoms with van der Waals surface area (Å²) in [6.07, 6.45) is 3.19. The summed E-state index contributed by atoms with van der Waals surface area (Å²) in [5.74, 6) is 0. The van der Waals surface area contributed by atoms with E-state index in [0.717, 1.165) is 33.4 Å².